The van der Waals surface area contributed by atoms with Crippen LogP contribution in [0.3, 0.4) is 0 Å². The number of hydrogen-bond donors (Lipinski definition) is 1. The molecule has 0 heterocycles. The van der Waals surface area contributed by atoms with E-state index in [1.807, 2.05) is 0 Å². The number of rotatable bonds is 4. The highest BCUT2D eigenvalue weighted by molar-refractivity contribution is 6.31. The van der Waals surface area contributed by atoms with Crippen LogP contribution >= 0.6 is 11.6 Å². The SMILES string of the molecule is CC(N)(Cc1cccc(F)c1)Cc1c(F)cccc1Cl. The van der Waals surface area contributed by atoms with Gasteiger partial charge in [-0.15, -0.1) is 0 Å². The van der Waals surface area contributed by atoms with Crippen LogP contribution in [0.15, 0.2) is 42.5 Å². The van der Waals surface area contributed by atoms with Crippen molar-refractivity contribution in [3.8, 4) is 0 Å². The van der Waals surface area contributed by atoms with E-state index in [2.05, 4.69) is 0 Å². The largest absolute Gasteiger partial charge is 0.325 e. The van der Waals surface area contributed by atoms with Crippen LogP contribution in [0.5, 0.6) is 0 Å². The Morgan fingerprint density at radius 3 is 2.45 bits per heavy atom. The van der Waals surface area contributed by atoms with E-state index in [9.17, 15) is 8.78 Å². The van der Waals surface area contributed by atoms with Crippen LogP contribution in [0.25, 0.3) is 0 Å². The molecule has 2 N–H and O–H groups in total. The van der Waals surface area contributed by atoms with Crippen LogP contribution in [-0.2, 0) is 12.8 Å². The van der Waals surface area contributed by atoms with Crippen LogP contribution in [0.4, 0.5) is 8.78 Å². The summed E-state index contributed by atoms with van der Waals surface area (Å²) in [6.07, 6.45) is 0.727. The van der Waals surface area contributed by atoms with Gasteiger partial charge in [-0.25, -0.2) is 8.78 Å². The first kappa shape index (κ1) is 14.9. The zero-order chi connectivity index (χ0) is 14.8. The smallest absolute Gasteiger partial charge is 0.127 e. The van der Waals surface area contributed by atoms with Crippen LogP contribution in [0, 0.1) is 11.6 Å². The Balaban J connectivity index is 2.19. The average molecular weight is 296 g/mol. The van der Waals surface area contributed by atoms with Gasteiger partial charge in [0, 0.05) is 16.1 Å². The van der Waals surface area contributed by atoms with Gasteiger partial charge in [-0.1, -0.05) is 29.8 Å². The predicted molar refractivity (Wildman–Crippen MR) is 77.8 cm³/mol. The predicted octanol–water partition coefficient (Wildman–Crippen LogP) is 4.12. The second kappa shape index (κ2) is 5.90. The molecular formula is C16H16ClF2N. The van der Waals surface area contributed by atoms with Gasteiger partial charge in [0.15, 0.2) is 0 Å². The van der Waals surface area contributed by atoms with Gasteiger partial charge < -0.3 is 5.73 Å². The van der Waals surface area contributed by atoms with Crippen LogP contribution in [-0.4, -0.2) is 5.54 Å². The van der Waals surface area contributed by atoms with E-state index in [4.69, 9.17) is 17.3 Å². The Bertz CT molecular complexity index is 591. The Morgan fingerprint density at radius 1 is 1.10 bits per heavy atom. The first-order valence-corrected chi connectivity index (χ1v) is 6.71. The van der Waals surface area contributed by atoms with Crippen molar-refractivity contribution >= 4 is 11.6 Å². The molecule has 0 aliphatic carbocycles. The molecule has 1 nitrogen and oxygen atoms in total. The fraction of sp³-hybridized carbons (Fsp3) is 0.250. The van der Waals surface area contributed by atoms with Gasteiger partial charge in [0.2, 0.25) is 0 Å². The fourth-order valence-electron chi connectivity index (χ4n) is 2.28. The number of hydrogen-bond acceptors (Lipinski definition) is 1. The number of halogens is 3. The monoisotopic (exact) mass is 295 g/mol. The molecule has 0 radical (unpaired) electrons. The Hall–Kier alpha value is -1.45. The van der Waals surface area contributed by atoms with Gasteiger partial charge in [0.05, 0.1) is 0 Å². The lowest BCUT2D eigenvalue weighted by molar-refractivity contribution is 0.450. The number of nitrogens with two attached hydrogens (primary N) is 1. The fourth-order valence-corrected chi connectivity index (χ4v) is 2.51. The van der Waals surface area contributed by atoms with E-state index in [0.29, 0.717) is 17.0 Å². The van der Waals surface area contributed by atoms with Gasteiger partial charge in [0.25, 0.3) is 0 Å². The molecule has 2 rings (SSSR count). The van der Waals surface area contributed by atoms with Crippen molar-refractivity contribution in [2.45, 2.75) is 25.3 Å². The maximum Gasteiger partial charge on any atom is 0.127 e. The molecule has 1 unspecified atom stereocenters. The highest BCUT2D eigenvalue weighted by atomic mass is 35.5. The molecule has 0 aliphatic rings. The topological polar surface area (TPSA) is 26.0 Å². The summed E-state index contributed by atoms with van der Waals surface area (Å²) in [7, 11) is 0. The first-order chi connectivity index (χ1) is 9.37. The highest BCUT2D eigenvalue weighted by Gasteiger charge is 2.23. The van der Waals surface area contributed by atoms with Crippen molar-refractivity contribution in [3.05, 3.63) is 70.2 Å². The molecule has 0 saturated carbocycles. The summed E-state index contributed by atoms with van der Waals surface area (Å²) in [6, 6.07) is 10.8. The molecular weight excluding hydrogens is 280 g/mol. The summed E-state index contributed by atoms with van der Waals surface area (Å²) in [5.74, 6) is -0.671. The summed E-state index contributed by atoms with van der Waals surface area (Å²) in [5, 5.41) is 0.362. The van der Waals surface area contributed by atoms with Gasteiger partial charge >= 0.3 is 0 Å². The molecule has 0 spiro atoms. The van der Waals surface area contributed by atoms with Crippen LogP contribution < -0.4 is 5.73 Å². The Labute approximate surface area is 122 Å². The van der Waals surface area contributed by atoms with Crippen molar-refractivity contribution in [3.63, 3.8) is 0 Å². The molecule has 20 heavy (non-hydrogen) atoms. The van der Waals surface area contributed by atoms with Crippen molar-refractivity contribution in [1.29, 1.82) is 0 Å². The summed E-state index contributed by atoms with van der Waals surface area (Å²) in [4.78, 5) is 0. The van der Waals surface area contributed by atoms with E-state index in [-0.39, 0.29) is 18.1 Å². The van der Waals surface area contributed by atoms with Crippen LogP contribution in [0.1, 0.15) is 18.1 Å². The molecule has 0 saturated heterocycles. The average Bonchev–Trinajstić information content (AvgIpc) is 2.33. The van der Waals surface area contributed by atoms with E-state index < -0.39 is 5.54 Å². The molecule has 106 valence electrons. The van der Waals surface area contributed by atoms with Crippen molar-refractivity contribution in [2.24, 2.45) is 5.73 Å². The van der Waals surface area contributed by atoms with Crippen molar-refractivity contribution in [1.82, 2.24) is 0 Å². The minimum atomic E-state index is -0.709. The van der Waals surface area contributed by atoms with Gasteiger partial charge in [-0.05, 0) is 49.6 Å². The lowest BCUT2D eigenvalue weighted by Crippen LogP contribution is -2.41. The lowest BCUT2D eigenvalue weighted by Gasteiger charge is -2.25. The normalized spacial score (nSPS) is 14.1. The summed E-state index contributed by atoms with van der Waals surface area (Å²) >= 11 is 6.01. The maximum absolute atomic E-state index is 13.8. The third kappa shape index (κ3) is 3.78. The molecule has 0 aromatic heterocycles. The summed E-state index contributed by atoms with van der Waals surface area (Å²) in [5.41, 5.74) is 6.69. The molecule has 2 aromatic rings. The summed E-state index contributed by atoms with van der Waals surface area (Å²) < 4.78 is 27.0. The van der Waals surface area contributed by atoms with Crippen molar-refractivity contribution < 1.29 is 8.78 Å². The third-order valence-corrected chi connectivity index (χ3v) is 3.49. The molecule has 1 atom stereocenters. The molecule has 0 bridgehead atoms. The lowest BCUT2D eigenvalue weighted by atomic mass is 9.87. The second-order valence-electron chi connectivity index (χ2n) is 5.34. The van der Waals surface area contributed by atoms with Gasteiger partial charge in [-0.3, -0.25) is 0 Å². The molecule has 0 aliphatic heterocycles. The standard InChI is InChI=1S/C16H16ClF2N/c1-16(20,9-11-4-2-5-12(18)8-11)10-13-14(17)6-3-7-15(13)19/h2-8H,9-10,20H2,1H3. The molecule has 4 heteroatoms. The van der Waals surface area contributed by atoms with E-state index in [1.165, 1.54) is 18.2 Å². The third-order valence-electron chi connectivity index (χ3n) is 3.14. The number of benzene rings is 2. The quantitative estimate of drug-likeness (QED) is 0.902. The van der Waals surface area contributed by atoms with Gasteiger partial charge in [-0.2, -0.15) is 0 Å². The Morgan fingerprint density at radius 2 is 1.80 bits per heavy atom. The zero-order valence-electron chi connectivity index (χ0n) is 11.2. The molecule has 2 aromatic carbocycles. The molecule has 0 amide bonds. The van der Waals surface area contributed by atoms with E-state index in [0.717, 1.165) is 5.56 Å². The summed E-state index contributed by atoms with van der Waals surface area (Å²) in [6.45, 7) is 1.81. The van der Waals surface area contributed by atoms with E-state index >= 15 is 0 Å². The van der Waals surface area contributed by atoms with E-state index in [1.54, 1.807) is 31.2 Å². The van der Waals surface area contributed by atoms with Crippen molar-refractivity contribution in [2.75, 3.05) is 0 Å². The second-order valence-corrected chi connectivity index (χ2v) is 5.74. The zero-order valence-corrected chi connectivity index (χ0v) is 11.9. The van der Waals surface area contributed by atoms with Gasteiger partial charge in [0.1, 0.15) is 11.6 Å². The minimum Gasteiger partial charge on any atom is -0.325 e. The molecule has 0 fully saturated rings. The Kier molecular flexibility index (Phi) is 4.41. The first-order valence-electron chi connectivity index (χ1n) is 6.34. The highest BCUT2D eigenvalue weighted by Crippen LogP contribution is 2.25. The minimum absolute atomic E-state index is 0.287. The maximum atomic E-state index is 13.8. The van der Waals surface area contributed by atoms with Crippen LogP contribution in [0.2, 0.25) is 5.02 Å².